The number of rotatable bonds is 2. The molecule has 0 unspecified atom stereocenters. The Morgan fingerprint density at radius 1 is 0.846 bits per heavy atom. The number of aryl methyl sites for hydroxylation is 2. The normalized spacial score (nSPS) is 13.3. The van der Waals surface area contributed by atoms with E-state index in [4.69, 9.17) is 0 Å². The molecular weight excluding hydrogens is 339 g/mol. The van der Waals surface area contributed by atoms with Gasteiger partial charge in [0.2, 0.25) is 0 Å². The molecule has 0 aliphatic carbocycles. The summed E-state index contributed by atoms with van der Waals surface area (Å²) in [5, 5.41) is 0. The van der Waals surface area contributed by atoms with Crippen molar-refractivity contribution in [3.05, 3.63) is 59.7 Å². The number of alkyl halides is 3. The molecule has 0 spiro atoms. The molecule has 1 fully saturated rings. The molecule has 2 nitrogen and oxygen atoms in total. The van der Waals surface area contributed by atoms with Gasteiger partial charge in [-0.25, -0.2) is 0 Å². The van der Waals surface area contributed by atoms with E-state index in [2.05, 4.69) is 40.8 Å². The molecule has 26 heavy (non-hydrogen) atoms. The predicted octanol–water partition coefficient (Wildman–Crippen LogP) is 6.52. The largest absolute Gasteiger partial charge is 0.573 e. The van der Waals surface area contributed by atoms with Crippen LogP contribution in [0.15, 0.2) is 48.5 Å². The Morgan fingerprint density at radius 2 is 1.38 bits per heavy atom. The van der Waals surface area contributed by atoms with E-state index in [9.17, 15) is 13.2 Å². The maximum Gasteiger partial charge on any atom is 0.573 e. The van der Waals surface area contributed by atoms with Crippen LogP contribution in [0.25, 0.3) is 0 Å². The summed E-state index contributed by atoms with van der Waals surface area (Å²) in [7, 11) is 0. The number of para-hydroxylation sites is 1. The first-order chi connectivity index (χ1) is 12.3. The highest BCUT2D eigenvalue weighted by Crippen LogP contribution is 2.25. The summed E-state index contributed by atoms with van der Waals surface area (Å²) in [5.74, 6) is -0.148. The first kappa shape index (κ1) is 21.9. The van der Waals surface area contributed by atoms with Crippen molar-refractivity contribution >= 4 is 5.69 Å². The van der Waals surface area contributed by atoms with Crippen molar-refractivity contribution in [3.8, 4) is 5.75 Å². The van der Waals surface area contributed by atoms with Crippen LogP contribution in [0, 0.1) is 13.8 Å². The molecule has 5 heteroatoms. The van der Waals surface area contributed by atoms with E-state index in [1.165, 1.54) is 49.3 Å². The Morgan fingerprint density at radius 3 is 1.88 bits per heavy atom. The van der Waals surface area contributed by atoms with Gasteiger partial charge in [-0.2, -0.15) is 0 Å². The van der Waals surface area contributed by atoms with Crippen LogP contribution in [0.5, 0.6) is 5.75 Å². The second kappa shape index (κ2) is 10.7. The maximum atomic E-state index is 11.7. The van der Waals surface area contributed by atoms with Gasteiger partial charge in [0.25, 0.3) is 0 Å². The van der Waals surface area contributed by atoms with E-state index in [1.54, 1.807) is 19.1 Å². The fraction of sp³-hybridized carbons (Fsp3) is 0.429. The number of halogens is 3. The SMILES string of the molecule is CC.Cc1ccc(N2CCCC2)cc1.Cc1ccccc1OC(F)(F)F. The summed E-state index contributed by atoms with van der Waals surface area (Å²) >= 11 is 0. The van der Waals surface area contributed by atoms with Crippen molar-refractivity contribution in [2.75, 3.05) is 18.0 Å². The molecule has 3 rings (SSSR count). The third-order valence-corrected chi connectivity index (χ3v) is 3.82. The molecule has 2 aromatic rings. The first-order valence-corrected chi connectivity index (χ1v) is 8.98. The second-order valence-electron chi connectivity index (χ2n) is 5.84. The van der Waals surface area contributed by atoms with Crippen LogP contribution in [-0.4, -0.2) is 19.5 Å². The molecule has 2 aromatic carbocycles. The summed E-state index contributed by atoms with van der Waals surface area (Å²) in [6.45, 7) is 10.2. The predicted molar refractivity (Wildman–Crippen MR) is 102 cm³/mol. The average molecular weight is 367 g/mol. The minimum Gasteiger partial charge on any atom is -0.406 e. The van der Waals surface area contributed by atoms with Gasteiger partial charge in [0.1, 0.15) is 5.75 Å². The van der Waals surface area contributed by atoms with Gasteiger partial charge in [0.05, 0.1) is 0 Å². The number of nitrogens with zero attached hydrogens (tertiary/aromatic N) is 1. The van der Waals surface area contributed by atoms with Crippen molar-refractivity contribution in [3.63, 3.8) is 0 Å². The number of hydrogen-bond acceptors (Lipinski definition) is 2. The summed E-state index contributed by atoms with van der Waals surface area (Å²) < 4.78 is 38.8. The molecule has 0 saturated carbocycles. The molecule has 0 atom stereocenters. The third kappa shape index (κ3) is 7.81. The van der Waals surface area contributed by atoms with Crippen LogP contribution < -0.4 is 9.64 Å². The minimum atomic E-state index is -4.61. The van der Waals surface area contributed by atoms with Crippen LogP contribution in [0.3, 0.4) is 0 Å². The minimum absolute atomic E-state index is 0.148. The van der Waals surface area contributed by atoms with Gasteiger partial charge in [-0.05, 0) is 50.5 Å². The Labute approximate surface area is 154 Å². The number of anilines is 1. The van der Waals surface area contributed by atoms with Crippen molar-refractivity contribution in [1.29, 1.82) is 0 Å². The van der Waals surface area contributed by atoms with Crippen LogP contribution in [0.4, 0.5) is 18.9 Å². The molecule has 1 aliphatic heterocycles. The molecule has 0 amide bonds. The summed E-state index contributed by atoms with van der Waals surface area (Å²) in [5.41, 5.74) is 3.20. The van der Waals surface area contributed by atoms with Crippen molar-refractivity contribution in [1.82, 2.24) is 0 Å². The molecule has 1 saturated heterocycles. The van der Waals surface area contributed by atoms with Gasteiger partial charge in [-0.1, -0.05) is 49.7 Å². The van der Waals surface area contributed by atoms with E-state index >= 15 is 0 Å². The highest BCUT2D eigenvalue weighted by molar-refractivity contribution is 5.48. The zero-order chi connectivity index (χ0) is 19.6. The van der Waals surface area contributed by atoms with E-state index in [1.807, 2.05) is 13.8 Å². The quantitative estimate of drug-likeness (QED) is 0.599. The van der Waals surface area contributed by atoms with Gasteiger partial charge in [0, 0.05) is 18.8 Å². The molecule has 0 aromatic heterocycles. The molecular formula is C21H28F3NO. The summed E-state index contributed by atoms with van der Waals surface area (Å²) in [6, 6.07) is 14.8. The maximum absolute atomic E-state index is 11.7. The van der Waals surface area contributed by atoms with Gasteiger partial charge >= 0.3 is 6.36 Å². The molecule has 0 bridgehead atoms. The smallest absolute Gasteiger partial charge is 0.406 e. The van der Waals surface area contributed by atoms with E-state index in [0.717, 1.165) is 0 Å². The molecule has 0 radical (unpaired) electrons. The average Bonchev–Trinajstić information content (AvgIpc) is 3.14. The van der Waals surface area contributed by atoms with Crippen molar-refractivity contribution < 1.29 is 17.9 Å². The summed E-state index contributed by atoms with van der Waals surface area (Å²) in [4.78, 5) is 2.46. The fourth-order valence-corrected chi connectivity index (χ4v) is 2.53. The van der Waals surface area contributed by atoms with Crippen molar-refractivity contribution in [2.24, 2.45) is 0 Å². The third-order valence-electron chi connectivity index (χ3n) is 3.82. The van der Waals surface area contributed by atoms with E-state index < -0.39 is 6.36 Å². The fourth-order valence-electron chi connectivity index (χ4n) is 2.53. The van der Waals surface area contributed by atoms with E-state index in [-0.39, 0.29) is 5.75 Å². The Balaban J connectivity index is 0.000000238. The van der Waals surface area contributed by atoms with Crippen LogP contribution >= 0.6 is 0 Å². The standard InChI is InChI=1S/C11H15N.C8H7F3O.C2H6/c1-10-4-6-11(7-5-10)12-8-2-3-9-12;1-6-4-2-3-5-7(6)12-8(9,10)11;1-2/h4-7H,2-3,8-9H2,1H3;2-5H,1H3;1-2H3. The lowest BCUT2D eigenvalue weighted by molar-refractivity contribution is -0.274. The second-order valence-corrected chi connectivity index (χ2v) is 5.84. The van der Waals surface area contributed by atoms with Crippen molar-refractivity contribution in [2.45, 2.75) is 46.9 Å². The van der Waals surface area contributed by atoms with Gasteiger partial charge in [0.15, 0.2) is 0 Å². The molecule has 144 valence electrons. The lowest BCUT2D eigenvalue weighted by Crippen LogP contribution is -2.17. The molecule has 1 aliphatic rings. The Bertz CT molecular complexity index is 632. The zero-order valence-corrected chi connectivity index (χ0v) is 15.9. The molecule has 1 heterocycles. The van der Waals surface area contributed by atoms with Gasteiger partial charge in [-0.15, -0.1) is 13.2 Å². The van der Waals surface area contributed by atoms with Crippen LogP contribution in [0.2, 0.25) is 0 Å². The van der Waals surface area contributed by atoms with Crippen LogP contribution in [-0.2, 0) is 0 Å². The lowest BCUT2D eigenvalue weighted by Gasteiger charge is -2.17. The topological polar surface area (TPSA) is 12.5 Å². The number of benzene rings is 2. The Hall–Kier alpha value is -2.17. The molecule has 0 N–H and O–H groups in total. The zero-order valence-electron chi connectivity index (χ0n) is 15.9. The van der Waals surface area contributed by atoms with Crippen LogP contribution in [0.1, 0.15) is 37.8 Å². The van der Waals surface area contributed by atoms with Gasteiger partial charge < -0.3 is 9.64 Å². The lowest BCUT2D eigenvalue weighted by atomic mass is 10.2. The monoisotopic (exact) mass is 367 g/mol. The van der Waals surface area contributed by atoms with E-state index in [0.29, 0.717) is 5.56 Å². The first-order valence-electron chi connectivity index (χ1n) is 8.98. The van der Waals surface area contributed by atoms with Gasteiger partial charge in [-0.3, -0.25) is 0 Å². The Kier molecular flexibility index (Phi) is 9.03. The highest BCUT2D eigenvalue weighted by atomic mass is 19.4. The number of hydrogen-bond donors (Lipinski definition) is 0. The number of ether oxygens (including phenoxy) is 1. The highest BCUT2D eigenvalue weighted by Gasteiger charge is 2.31. The summed E-state index contributed by atoms with van der Waals surface area (Å²) in [6.07, 6.45) is -1.89.